The van der Waals surface area contributed by atoms with Gasteiger partial charge >= 0.3 is 0 Å². The largest absolute Gasteiger partial charge is 0.312 e. The van der Waals surface area contributed by atoms with Gasteiger partial charge in [-0.1, -0.05) is 33.1 Å². The third-order valence-corrected chi connectivity index (χ3v) is 6.15. The predicted octanol–water partition coefficient (Wildman–Crippen LogP) is 4.06. The predicted molar refractivity (Wildman–Crippen MR) is 88.1 cm³/mol. The molecule has 0 spiro atoms. The van der Waals surface area contributed by atoms with Crippen LogP contribution in [0, 0.1) is 11.8 Å². The van der Waals surface area contributed by atoms with E-state index in [4.69, 9.17) is 0 Å². The summed E-state index contributed by atoms with van der Waals surface area (Å²) < 4.78 is 0. The second-order valence-corrected chi connectivity index (χ2v) is 7.61. The molecule has 2 rings (SSSR count). The molecule has 2 aliphatic carbocycles. The van der Waals surface area contributed by atoms with Gasteiger partial charge < -0.3 is 10.2 Å². The monoisotopic (exact) mass is 280 g/mol. The Labute approximate surface area is 126 Å². The molecule has 1 unspecified atom stereocenters. The molecule has 0 aromatic heterocycles. The van der Waals surface area contributed by atoms with Gasteiger partial charge in [0.15, 0.2) is 0 Å². The number of likely N-dealkylation sites (N-methyl/N-ethyl adjacent to an activating group) is 2. The molecule has 2 aliphatic rings. The maximum atomic E-state index is 3.92. The summed E-state index contributed by atoms with van der Waals surface area (Å²) in [4.78, 5) is 2.57. The van der Waals surface area contributed by atoms with Crippen LogP contribution in [0.1, 0.15) is 71.6 Å². The van der Waals surface area contributed by atoms with Gasteiger partial charge in [0.25, 0.3) is 0 Å². The molecule has 0 bridgehead atoms. The fraction of sp³-hybridized carbons (Fsp3) is 1.00. The first-order chi connectivity index (χ1) is 9.60. The van der Waals surface area contributed by atoms with Crippen LogP contribution in [0.15, 0.2) is 0 Å². The van der Waals surface area contributed by atoms with Gasteiger partial charge in [0.2, 0.25) is 0 Å². The molecule has 0 aromatic carbocycles. The normalized spacial score (nSPS) is 34.4. The highest BCUT2D eigenvalue weighted by Gasteiger charge is 2.45. The van der Waals surface area contributed by atoms with Gasteiger partial charge in [-0.05, 0) is 71.0 Å². The van der Waals surface area contributed by atoms with Gasteiger partial charge in [-0.15, -0.1) is 0 Å². The molecule has 0 radical (unpaired) electrons. The van der Waals surface area contributed by atoms with E-state index in [1.165, 1.54) is 57.8 Å². The molecule has 0 saturated heterocycles. The first-order valence-corrected chi connectivity index (χ1v) is 9.01. The maximum Gasteiger partial charge on any atom is 0.0359 e. The standard InChI is InChI=1S/C18H36N2/c1-5-19-17(16-9-7-6-8-10-16)18(20(3)4)13-11-15(2)12-14-18/h15-17,19H,5-14H2,1-4H3. The van der Waals surface area contributed by atoms with Crippen molar-refractivity contribution in [2.45, 2.75) is 83.2 Å². The highest BCUT2D eigenvalue weighted by Crippen LogP contribution is 2.42. The van der Waals surface area contributed by atoms with Crippen LogP contribution in [0.4, 0.5) is 0 Å². The summed E-state index contributed by atoms with van der Waals surface area (Å²) in [5.41, 5.74) is 0.407. The summed E-state index contributed by atoms with van der Waals surface area (Å²) >= 11 is 0. The average molecular weight is 281 g/mol. The molecule has 0 heterocycles. The van der Waals surface area contributed by atoms with E-state index in [1.54, 1.807) is 0 Å². The van der Waals surface area contributed by atoms with Crippen molar-refractivity contribution in [3.63, 3.8) is 0 Å². The van der Waals surface area contributed by atoms with Crippen molar-refractivity contribution in [2.75, 3.05) is 20.6 Å². The van der Waals surface area contributed by atoms with E-state index in [1.807, 2.05) is 0 Å². The molecule has 20 heavy (non-hydrogen) atoms. The Hall–Kier alpha value is -0.0800. The lowest BCUT2D eigenvalue weighted by atomic mass is 9.66. The molecular weight excluding hydrogens is 244 g/mol. The smallest absolute Gasteiger partial charge is 0.0359 e. The van der Waals surface area contributed by atoms with Crippen LogP contribution >= 0.6 is 0 Å². The van der Waals surface area contributed by atoms with Crippen molar-refractivity contribution in [1.29, 1.82) is 0 Å². The summed E-state index contributed by atoms with van der Waals surface area (Å²) in [5.74, 6) is 1.83. The average Bonchev–Trinajstić information content (AvgIpc) is 2.47. The van der Waals surface area contributed by atoms with E-state index in [0.29, 0.717) is 11.6 Å². The second-order valence-electron chi connectivity index (χ2n) is 7.61. The zero-order valence-corrected chi connectivity index (χ0v) is 14.3. The molecule has 1 N–H and O–H groups in total. The SMILES string of the molecule is CCNC(C1CCCCC1)C1(N(C)C)CCC(C)CC1. The maximum absolute atomic E-state index is 3.92. The van der Waals surface area contributed by atoms with Gasteiger partial charge in [-0.3, -0.25) is 0 Å². The fourth-order valence-corrected chi connectivity index (χ4v) is 4.78. The van der Waals surface area contributed by atoms with Crippen molar-refractivity contribution in [3.8, 4) is 0 Å². The van der Waals surface area contributed by atoms with E-state index in [-0.39, 0.29) is 0 Å². The third kappa shape index (κ3) is 3.39. The Balaban J connectivity index is 2.17. The molecule has 0 aromatic rings. The quantitative estimate of drug-likeness (QED) is 0.817. The number of nitrogens with zero attached hydrogens (tertiary/aromatic N) is 1. The summed E-state index contributed by atoms with van der Waals surface area (Å²) in [6.45, 7) is 5.83. The van der Waals surface area contributed by atoms with E-state index < -0.39 is 0 Å². The Morgan fingerprint density at radius 1 is 1.05 bits per heavy atom. The molecule has 0 amide bonds. The lowest BCUT2D eigenvalue weighted by Crippen LogP contribution is -2.63. The molecular formula is C18H36N2. The van der Waals surface area contributed by atoms with Crippen LogP contribution in [0.2, 0.25) is 0 Å². The zero-order valence-electron chi connectivity index (χ0n) is 14.3. The first kappa shape index (κ1) is 16.3. The molecule has 2 fully saturated rings. The third-order valence-electron chi connectivity index (χ3n) is 6.15. The Morgan fingerprint density at radius 2 is 1.65 bits per heavy atom. The number of nitrogens with one attached hydrogen (secondary N) is 1. The molecule has 0 aliphatic heterocycles. The van der Waals surface area contributed by atoms with Crippen molar-refractivity contribution in [3.05, 3.63) is 0 Å². The number of hydrogen-bond acceptors (Lipinski definition) is 2. The van der Waals surface area contributed by atoms with Crippen LogP contribution in [0.5, 0.6) is 0 Å². The van der Waals surface area contributed by atoms with Crippen molar-refractivity contribution < 1.29 is 0 Å². The van der Waals surface area contributed by atoms with Gasteiger partial charge in [0, 0.05) is 11.6 Å². The second kappa shape index (κ2) is 7.26. The molecule has 118 valence electrons. The minimum atomic E-state index is 0.407. The van der Waals surface area contributed by atoms with Gasteiger partial charge in [0.1, 0.15) is 0 Å². The topological polar surface area (TPSA) is 15.3 Å². The minimum Gasteiger partial charge on any atom is -0.312 e. The van der Waals surface area contributed by atoms with Gasteiger partial charge in [-0.25, -0.2) is 0 Å². The zero-order chi connectivity index (χ0) is 14.6. The van der Waals surface area contributed by atoms with Crippen LogP contribution in [-0.4, -0.2) is 37.1 Å². The summed E-state index contributed by atoms with van der Waals surface area (Å²) in [5, 5.41) is 3.92. The van der Waals surface area contributed by atoms with Crippen molar-refractivity contribution >= 4 is 0 Å². The van der Waals surface area contributed by atoms with E-state index >= 15 is 0 Å². The van der Waals surface area contributed by atoms with Crippen LogP contribution in [-0.2, 0) is 0 Å². The van der Waals surface area contributed by atoms with Gasteiger partial charge in [-0.2, -0.15) is 0 Å². The number of rotatable bonds is 5. The minimum absolute atomic E-state index is 0.407. The summed E-state index contributed by atoms with van der Waals surface area (Å²) in [6, 6.07) is 0.704. The molecule has 2 heteroatoms. The molecule has 1 atom stereocenters. The molecule has 2 saturated carbocycles. The Morgan fingerprint density at radius 3 is 2.15 bits per heavy atom. The number of hydrogen-bond donors (Lipinski definition) is 1. The fourth-order valence-electron chi connectivity index (χ4n) is 4.78. The summed E-state index contributed by atoms with van der Waals surface area (Å²) in [6.07, 6.45) is 12.8. The van der Waals surface area contributed by atoms with E-state index in [0.717, 1.165) is 18.4 Å². The Bertz CT molecular complexity index is 273. The van der Waals surface area contributed by atoms with E-state index in [2.05, 4.69) is 38.2 Å². The lowest BCUT2D eigenvalue weighted by molar-refractivity contribution is 0.0141. The van der Waals surface area contributed by atoms with Crippen LogP contribution < -0.4 is 5.32 Å². The first-order valence-electron chi connectivity index (χ1n) is 9.01. The van der Waals surface area contributed by atoms with Gasteiger partial charge in [0.05, 0.1) is 0 Å². The highest BCUT2D eigenvalue weighted by atomic mass is 15.2. The van der Waals surface area contributed by atoms with E-state index in [9.17, 15) is 0 Å². The van der Waals surface area contributed by atoms with Crippen molar-refractivity contribution in [1.82, 2.24) is 10.2 Å². The molecule has 2 nitrogen and oxygen atoms in total. The Kier molecular flexibility index (Phi) is 5.92. The van der Waals surface area contributed by atoms with Crippen molar-refractivity contribution in [2.24, 2.45) is 11.8 Å². The highest BCUT2D eigenvalue weighted by molar-refractivity contribution is 5.04. The van der Waals surface area contributed by atoms with Crippen LogP contribution in [0.3, 0.4) is 0 Å². The lowest BCUT2D eigenvalue weighted by Gasteiger charge is -2.53. The summed E-state index contributed by atoms with van der Waals surface area (Å²) in [7, 11) is 4.65. The van der Waals surface area contributed by atoms with Crippen LogP contribution in [0.25, 0.3) is 0 Å².